The van der Waals surface area contributed by atoms with Crippen molar-refractivity contribution in [3.05, 3.63) is 89.5 Å². The second kappa shape index (κ2) is 9.34. The summed E-state index contributed by atoms with van der Waals surface area (Å²) < 4.78 is 48.2. The predicted molar refractivity (Wildman–Crippen MR) is 135 cm³/mol. The van der Waals surface area contributed by atoms with E-state index in [1.807, 2.05) is 24.3 Å². The molecular formula is C30H28F3NO4. The van der Waals surface area contributed by atoms with Gasteiger partial charge in [-0.05, 0) is 59.2 Å². The van der Waals surface area contributed by atoms with Crippen LogP contribution in [0.1, 0.15) is 54.7 Å². The van der Waals surface area contributed by atoms with E-state index in [2.05, 4.69) is 29.0 Å². The van der Waals surface area contributed by atoms with E-state index in [0.717, 1.165) is 28.7 Å². The summed E-state index contributed by atoms with van der Waals surface area (Å²) in [5.41, 5.74) is 3.58. The fourth-order valence-corrected chi connectivity index (χ4v) is 6.61. The average Bonchev–Trinajstić information content (AvgIpc) is 3.20. The number of alkyl halides is 3. The molecule has 2 saturated heterocycles. The molecule has 0 spiro atoms. The van der Waals surface area contributed by atoms with E-state index >= 15 is 0 Å². The highest BCUT2D eigenvalue weighted by Crippen LogP contribution is 2.47. The van der Waals surface area contributed by atoms with Crippen molar-refractivity contribution >= 4 is 6.09 Å². The molecule has 8 heteroatoms. The maximum Gasteiger partial charge on any atom is 0.573 e. The smallest absolute Gasteiger partial charge is 0.448 e. The van der Waals surface area contributed by atoms with E-state index in [0.29, 0.717) is 18.4 Å². The molecule has 0 radical (unpaired) electrons. The van der Waals surface area contributed by atoms with E-state index in [1.54, 1.807) is 11.0 Å². The summed E-state index contributed by atoms with van der Waals surface area (Å²) in [7, 11) is 0. The largest absolute Gasteiger partial charge is 0.573 e. The highest BCUT2D eigenvalue weighted by Gasteiger charge is 2.49. The Morgan fingerprint density at radius 1 is 0.921 bits per heavy atom. The molecule has 0 saturated carbocycles. The third-order valence-electron chi connectivity index (χ3n) is 8.16. The number of ether oxygens (including phenoxy) is 2. The number of carbonyl (C=O) groups excluding carboxylic acids is 1. The first-order chi connectivity index (χ1) is 18.2. The first-order valence-electron chi connectivity index (χ1n) is 12.9. The van der Waals surface area contributed by atoms with Crippen molar-refractivity contribution in [3.63, 3.8) is 0 Å². The van der Waals surface area contributed by atoms with Crippen LogP contribution >= 0.6 is 0 Å². The maximum absolute atomic E-state index is 13.4. The van der Waals surface area contributed by atoms with Gasteiger partial charge in [-0.25, -0.2) is 4.79 Å². The third-order valence-corrected chi connectivity index (χ3v) is 8.16. The number of fused-ring (bicyclic) bond motifs is 5. The molecule has 2 fully saturated rings. The minimum atomic E-state index is -4.81. The van der Waals surface area contributed by atoms with Crippen LogP contribution in [0.2, 0.25) is 0 Å². The van der Waals surface area contributed by atoms with Gasteiger partial charge in [-0.3, -0.25) is 0 Å². The molecule has 1 amide bonds. The lowest BCUT2D eigenvalue weighted by Crippen LogP contribution is -2.59. The molecule has 1 N–H and O–H groups in total. The van der Waals surface area contributed by atoms with Gasteiger partial charge < -0.3 is 19.5 Å². The molecule has 0 aromatic heterocycles. The molecular weight excluding hydrogens is 495 g/mol. The van der Waals surface area contributed by atoms with Crippen LogP contribution in [-0.2, 0) is 10.3 Å². The molecule has 3 aromatic rings. The predicted octanol–water partition coefficient (Wildman–Crippen LogP) is 6.74. The van der Waals surface area contributed by atoms with E-state index in [1.165, 1.54) is 18.2 Å². The Hall–Kier alpha value is -3.52. The van der Waals surface area contributed by atoms with Crippen molar-refractivity contribution in [1.82, 2.24) is 4.90 Å². The number of aliphatic hydroxyl groups is 1. The number of benzene rings is 3. The molecule has 2 atom stereocenters. The minimum absolute atomic E-state index is 0.0516. The summed E-state index contributed by atoms with van der Waals surface area (Å²) in [6, 6.07) is 21.3. The van der Waals surface area contributed by atoms with Gasteiger partial charge in [0.25, 0.3) is 0 Å². The zero-order chi connectivity index (χ0) is 26.5. The molecule has 2 aliphatic heterocycles. The normalized spacial score (nSPS) is 24.5. The van der Waals surface area contributed by atoms with Gasteiger partial charge in [0, 0.05) is 30.8 Å². The molecule has 198 valence electrons. The van der Waals surface area contributed by atoms with Gasteiger partial charge in [0.2, 0.25) is 0 Å². The topological polar surface area (TPSA) is 59.0 Å². The number of carbonyl (C=O) groups is 1. The number of halogens is 3. The number of hydrogen-bond acceptors (Lipinski definition) is 4. The van der Waals surface area contributed by atoms with Crippen LogP contribution < -0.4 is 4.74 Å². The van der Waals surface area contributed by atoms with E-state index < -0.39 is 18.1 Å². The zero-order valence-electron chi connectivity index (χ0n) is 20.7. The standard InChI is InChI=1S/C30H28F3NO4/c31-30(32,33)38-22-10-5-7-19(15-22)29(36)16-20-8-6-9-21(17-29)34(20)28(35)37-18-27-25-13-3-1-11-23(25)24-12-2-4-14-26(24)27/h1-5,7,10-15,20-21,27,36H,6,8-9,16-18H2. The van der Waals surface area contributed by atoms with Crippen LogP contribution in [-0.4, -0.2) is 41.2 Å². The van der Waals surface area contributed by atoms with Crippen molar-refractivity contribution in [3.8, 4) is 16.9 Å². The summed E-state index contributed by atoms with van der Waals surface area (Å²) in [4.78, 5) is 15.2. The second-order valence-electron chi connectivity index (χ2n) is 10.5. The highest BCUT2D eigenvalue weighted by molar-refractivity contribution is 5.79. The third kappa shape index (κ3) is 4.51. The molecule has 3 aliphatic rings. The summed E-state index contributed by atoms with van der Waals surface area (Å²) in [5, 5.41) is 11.6. The van der Waals surface area contributed by atoms with Crippen LogP contribution in [0, 0.1) is 0 Å². The van der Waals surface area contributed by atoms with Gasteiger partial charge >= 0.3 is 12.5 Å². The number of rotatable bonds is 4. The van der Waals surface area contributed by atoms with Gasteiger partial charge in [0.05, 0.1) is 5.60 Å². The Morgan fingerprint density at radius 2 is 1.53 bits per heavy atom. The van der Waals surface area contributed by atoms with E-state index in [9.17, 15) is 23.1 Å². The number of nitrogens with zero attached hydrogens (tertiary/aromatic N) is 1. The molecule has 1 aliphatic carbocycles. The molecule has 5 nitrogen and oxygen atoms in total. The van der Waals surface area contributed by atoms with E-state index in [-0.39, 0.29) is 43.2 Å². The summed E-state index contributed by atoms with van der Waals surface area (Å²) >= 11 is 0. The van der Waals surface area contributed by atoms with Crippen LogP contribution in [0.25, 0.3) is 11.1 Å². The van der Waals surface area contributed by atoms with Crippen LogP contribution in [0.5, 0.6) is 5.75 Å². The van der Waals surface area contributed by atoms with Crippen LogP contribution in [0.3, 0.4) is 0 Å². The Bertz CT molecular complexity index is 1300. The number of piperidine rings is 2. The van der Waals surface area contributed by atoms with Crippen molar-refractivity contribution in [1.29, 1.82) is 0 Å². The van der Waals surface area contributed by atoms with Crippen LogP contribution in [0.4, 0.5) is 18.0 Å². The van der Waals surface area contributed by atoms with Crippen molar-refractivity contribution in [2.75, 3.05) is 6.61 Å². The Balaban J connectivity index is 1.19. The summed E-state index contributed by atoms with van der Waals surface area (Å²) in [6.07, 6.45) is -2.46. The fourth-order valence-electron chi connectivity index (χ4n) is 6.61. The minimum Gasteiger partial charge on any atom is -0.448 e. The van der Waals surface area contributed by atoms with Gasteiger partial charge in [0.15, 0.2) is 0 Å². The molecule has 6 rings (SSSR count). The maximum atomic E-state index is 13.4. The molecule has 3 aromatic carbocycles. The summed E-state index contributed by atoms with van der Waals surface area (Å²) in [5.74, 6) is -0.420. The Labute approximate surface area is 218 Å². The molecule has 2 unspecified atom stereocenters. The fraction of sp³-hybridized carbons (Fsp3) is 0.367. The number of hydrogen-bond donors (Lipinski definition) is 1. The SMILES string of the molecule is O=C(OCC1c2ccccc2-c2ccccc21)N1C2CCCC1CC(O)(c1cccc(OC(F)(F)F)c1)C2. The average molecular weight is 524 g/mol. The first kappa shape index (κ1) is 24.8. The van der Waals surface area contributed by atoms with Gasteiger partial charge in [-0.2, -0.15) is 0 Å². The van der Waals surface area contributed by atoms with Crippen molar-refractivity contribution in [2.45, 2.75) is 62.1 Å². The lowest BCUT2D eigenvalue weighted by atomic mass is 9.72. The van der Waals surface area contributed by atoms with E-state index in [4.69, 9.17) is 4.74 Å². The molecule has 2 heterocycles. The van der Waals surface area contributed by atoms with Crippen molar-refractivity contribution < 1.29 is 32.5 Å². The zero-order valence-corrected chi connectivity index (χ0v) is 20.7. The monoisotopic (exact) mass is 523 g/mol. The lowest BCUT2D eigenvalue weighted by molar-refractivity contribution is -0.274. The Kier molecular flexibility index (Phi) is 6.10. The number of amides is 1. The van der Waals surface area contributed by atoms with Crippen LogP contribution in [0.15, 0.2) is 72.8 Å². The lowest BCUT2D eigenvalue weighted by Gasteiger charge is -2.51. The molecule has 2 bridgehead atoms. The van der Waals surface area contributed by atoms with Gasteiger partial charge in [-0.15, -0.1) is 13.2 Å². The molecule has 38 heavy (non-hydrogen) atoms. The Morgan fingerprint density at radius 3 is 2.13 bits per heavy atom. The van der Waals surface area contributed by atoms with Crippen molar-refractivity contribution in [2.24, 2.45) is 0 Å². The first-order valence-corrected chi connectivity index (χ1v) is 12.9. The second-order valence-corrected chi connectivity index (χ2v) is 10.5. The summed E-state index contributed by atoms with van der Waals surface area (Å²) in [6.45, 7) is 0.212. The van der Waals surface area contributed by atoms with Gasteiger partial charge in [-0.1, -0.05) is 60.7 Å². The quantitative estimate of drug-likeness (QED) is 0.412. The van der Waals surface area contributed by atoms with Gasteiger partial charge in [0.1, 0.15) is 12.4 Å². The highest BCUT2D eigenvalue weighted by atomic mass is 19.4.